The van der Waals surface area contributed by atoms with E-state index in [0.717, 1.165) is 0 Å². The van der Waals surface area contributed by atoms with Crippen LogP contribution in [0.2, 0.25) is 0 Å². The highest BCUT2D eigenvalue weighted by atomic mass is 16.6. The molecule has 0 aliphatic carbocycles. The highest BCUT2D eigenvalue weighted by Crippen LogP contribution is 2.36. The van der Waals surface area contributed by atoms with E-state index in [1.54, 1.807) is 25.1 Å². The number of carbonyl (C=O) groups is 2. The summed E-state index contributed by atoms with van der Waals surface area (Å²) in [6, 6.07) is 14.1. The van der Waals surface area contributed by atoms with Crippen LogP contribution in [-0.4, -0.2) is 43.2 Å². The number of hydrogen-bond acceptors (Lipinski definition) is 5. The number of nitrogens with one attached hydrogen (secondary N) is 1. The van der Waals surface area contributed by atoms with Gasteiger partial charge in [0.15, 0.2) is 11.5 Å². The molecule has 7 nitrogen and oxygen atoms in total. The predicted molar refractivity (Wildman–Crippen MR) is 97.0 cm³/mol. The average molecular weight is 368 g/mol. The van der Waals surface area contributed by atoms with Crippen LogP contribution in [0.4, 0.5) is 4.79 Å². The molecule has 2 aliphatic rings. The Morgan fingerprint density at radius 2 is 1.81 bits per heavy atom. The van der Waals surface area contributed by atoms with Crippen molar-refractivity contribution in [3.05, 3.63) is 54.1 Å². The van der Waals surface area contributed by atoms with E-state index in [4.69, 9.17) is 14.2 Å². The van der Waals surface area contributed by atoms with Crippen molar-refractivity contribution in [2.45, 2.75) is 12.5 Å². The average Bonchev–Trinajstić information content (AvgIpc) is 2.92. The van der Waals surface area contributed by atoms with Crippen molar-refractivity contribution < 1.29 is 23.8 Å². The van der Waals surface area contributed by atoms with E-state index in [9.17, 15) is 9.59 Å². The lowest BCUT2D eigenvalue weighted by Gasteiger charge is -2.25. The van der Waals surface area contributed by atoms with Gasteiger partial charge in [-0.3, -0.25) is 9.69 Å². The van der Waals surface area contributed by atoms with Crippen LogP contribution >= 0.6 is 0 Å². The molecule has 4 rings (SSSR count). The second kappa shape index (κ2) is 6.83. The molecule has 1 fully saturated rings. The number of carbonyl (C=O) groups excluding carboxylic acids is 2. The van der Waals surface area contributed by atoms with Crippen LogP contribution < -0.4 is 19.5 Å². The molecule has 3 amide bonds. The van der Waals surface area contributed by atoms with Crippen LogP contribution in [0, 0.1) is 0 Å². The molecule has 2 aromatic rings. The SMILES string of the molecule is C[C@@]1(c2ccc3c(c2)OCCO3)NC(=O)N(CCOc2ccccc2)C1=O. The van der Waals surface area contributed by atoms with E-state index in [1.165, 1.54) is 4.90 Å². The Morgan fingerprint density at radius 1 is 1.07 bits per heavy atom. The van der Waals surface area contributed by atoms with E-state index in [2.05, 4.69) is 5.32 Å². The van der Waals surface area contributed by atoms with Crippen molar-refractivity contribution in [3.8, 4) is 17.2 Å². The maximum absolute atomic E-state index is 13.0. The second-order valence-corrected chi connectivity index (χ2v) is 6.53. The first kappa shape index (κ1) is 17.2. The number of rotatable bonds is 5. The number of imide groups is 1. The summed E-state index contributed by atoms with van der Waals surface area (Å²) in [5.74, 6) is 1.59. The smallest absolute Gasteiger partial charge is 0.325 e. The first-order valence-corrected chi connectivity index (χ1v) is 8.80. The highest BCUT2D eigenvalue weighted by molar-refractivity contribution is 6.07. The van der Waals surface area contributed by atoms with Crippen LogP contribution in [0.15, 0.2) is 48.5 Å². The maximum atomic E-state index is 13.0. The third kappa shape index (κ3) is 3.16. The van der Waals surface area contributed by atoms with Crippen molar-refractivity contribution in [2.75, 3.05) is 26.4 Å². The lowest BCUT2D eigenvalue weighted by Crippen LogP contribution is -2.41. The van der Waals surface area contributed by atoms with Crippen molar-refractivity contribution in [1.29, 1.82) is 0 Å². The van der Waals surface area contributed by atoms with Gasteiger partial charge in [-0.25, -0.2) is 4.79 Å². The molecule has 0 saturated carbocycles. The van der Waals surface area contributed by atoms with Gasteiger partial charge in [-0.05, 0) is 36.8 Å². The molecular weight excluding hydrogens is 348 g/mol. The Labute approximate surface area is 156 Å². The molecule has 0 radical (unpaired) electrons. The summed E-state index contributed by atoms with van der Waals surface area (Å²) >= 11 is 0. The van der Waals surface area contributed by atoms with Gasteiger partial charge in [0.2, 0.25) is 0 Å². The van der Waals surface area contributed by atoms with Gasteiger partial charge in [-0.15, -0.1) is 0 Å². The molecule has 7 heteroatoms. The molecule has 2 aromatic carbocycles. The van der Waals surface area contributed by atoms with Crippen LogP contribution in [0.5, 0.6) is 17.2 Å². The van der Waals surface area contributed by atoms with Gasteiger partial charge >= 0.3 is 6.03 Å². The summed E-state index contributed by atoms with van der Waals surface area (Å²) in [5, 5.41) is 2.79. The number of nitrogens with zero attached hydrogens (tertiary/aromatic N) is 1. The van der Waals surface area contributed by atoms with Crippen molar-refractivity contribution >= 4 is 11.9 Å². The first-order valence-electron chi connectivity index (χ1n) is 8.80. The van der Waals surface area contributed by atoms with Crippen molar-refractivity contribution in [3.63, 3.8) is 0 Å². The quantitative estimate of drug-likeness (QED) is 0.820. The van der Waals surface area contributed by atoms with Crippen LogP contribution in [0.3, 0.4) is 0 Å². The van der Waals surface area contributed by atoms with Gasteiger partial charge in [0.1, 0.15) is 31.1 Å². The van der Waals surface area contributed by atoms with E-state index < -0.39 is 11.6 Å². The molecule has 0 aromatic heterocycles. The fourth-order valence-corrected chi connectivity index (χ4v) is 3.22. The van der Waals surface area contributed by atoms with Crippen LogP contribution in [0.1, 0.15) is 12.5 Å². The number of para-hydroxylation sites is 1. The summed E-state index contributed by atoms with van der Waals surface area (Å²) in [4.78, 5) is 26.5. The van der Waals surface area contributed by atoms with Crippen molar-refractivity contribution in [1.82, 2.24) is 10.2 Å². The Balaban J connectivity index is 1.48. The number of amides is 3. The maximum Gasteiger partial charge on any atom is 0.325 e. The zero-order chi connectivity index (χ0) is 18.9. The number of fused-ring (bicyclic) bond motifs is 1. The fraction of sp³-hybridized carbons (Fsp3) is 0.300. The largest absolute Gasteiger partial charge is 0.492 e. The minimum absolute atomic E-state index is 0.166. The minimum Gasteiger partial charge on any atom is -0.492 e. The molecule has 27 heavy (non-hydrogen) atoms. The van der Waals surface area contributed by atoms with Gasteiger partial charge in [-0.2, -0.15) is 0 Å². The monoisotopic (exact) mass is 368 g/mol. The summed E-state index contributed by atoms with van der Waals surface area (Å²) in [5.41, 5.74) is -0.503. The van der Waals surface area contributed by atoms with E-state index in [1.807, 2.05) is 30.3 Å². The van der Waals surface area contributed by atoms with Crippen molar-refractivity contribution in [2.24, 2.45) is 0 Å². The van der Waals surface area contributed by atoms with Gasteiger partial charge in [0.25, 0.3) is 5.91 Å². The summed E-state index contributed by atoms with van der Waals surface area (Å²) in [6.45, 7) is 3.03. The van der Waals surface area contributed by atoms with E-state index in [0.29, 0.717) is 36.0 Å². The molecule has 140 valence electrons. The highest BCUT2D eigenvalue weighted by Gasteiger charge is 2.49. The van der Waals surface area contributed by atoms with E-state index >= 15 is 0 Å². The molecule has 1 atom stereocenters. The molecule has 2 aliphatic heterocycles. The number of ether oxygens (including phenoxy) is 3. The van der Waals surface area contributed by atoms with Gasteiger partial charge in [-0.1, -0.05) is 24.3 Å². The lowest BCUT2D eigenvalue weighted by atomic mass is 9.91. The Kier molecular flexibility index (Phi) is 4.35. The second-order valence-electron chi connectivity index (χ2n) is 6.53. The van der Waals surface area contributed by atoms with Crippen LogP contribution in [-0.2, 0) is 10.3 Å². The first-order chi connectivity index (χ1) is 13.1. The minimum atomic E-state index is -1.15. The molecule has 1 saturated heterocycles. The third-order valence-corrected chi connectivity index (χ3v) is 4.72. The van der Waals surface area contributed by atoms with Gasteiger partial charge in [0, 0.05) is 0 Å². The van der Waals surface area contributed by atoms with Crippen LogP contribution in [0.25, 0.3) is 0 Å². The summed E-state index contributed by atoms with van der Waals surface area (Å²) in [7, 11) is 0. The lowest BCUT2D eigenvalue weighted by molar-refractivity contribution is -0.131. The molecule has 0 bridgehead atoms. The zero-order valence-corrected chi connectivity index (χ0v) is 14.9. The topological polar surface area (TPSA) is 77.1 Å². The normalized spacial score (nSPS) is 21.1. The number of hydrogen-bond donors (Lipinski definition) is 1. The fourth-order valence-electron chi connectivity index (χ4n) is 3.22. The third-order valence-electron chi connectivity index (χ3n) is 4.72. The molecule has 1 N–H and O–H groups in total. The van der Waals surface area contributed by atoms with E-state index in [-0.39, 0.29) is 19.1 Å². The molecular formula is C20H20N2O5. The number of urea groups is 1. The summed E-state index contributed by atoms with van der Waals surface area (Å²) < 4.78 is 16.7. The zero-order valence-electron chi connectivity index (χ0n) is 14.9. The molecule has 0 spiro atoms. The Hall–Kier alpha value is -3.22. The van der Waals surface area contributed by atoms with Gasteiger partial charge in [0.05, 0.1) is 6.54 Å². The summed E-state index contributed by atoms with van der Waals surface area (Å²) in [6.07, 6.45) is 0. The number of benzene rings is 2. The Morgan fingerprint density at radius 3 is 2.59 bits per heavy atom. The molecule has 2 heterocycles. The Bertz CT molecular complexity index is 870. The molecule has 0 unspecified atom stereocenters. The predicted octanol–water partition coefficient (Wildman–Crippen LogP) is 2.30. The standard InChI is InChI=1S/C20H20N2O5/c1-20(14-7-8-16-17(13-14)27-12-11-26-16)18(23)22(19(24)21-20)9-10-25-15-5-3-2-4-6-15/h2-8,13H,9-12H2,1H3,(H,21,24)/t20-/m0/s1. The van der Waals surface area contributed by atoms with Gasteiger partial charge < -0.3 is 19.5 Å².